The molecule has 0 spiro atoms. The molecule has 0 heterocycles. The number of hydrogen-bond acceptors (Lipinski definition) is 4. The van der Waals surface area contributed by atoms with Crippen LogP contribution in [0.3, 0.4) is 0 Å². The summed E-state index contributed by atoms with van der Waals surface area (Å²) in [5.74, 6) is 0. The molecule has 0 aliphatic carbocycles. The van der Waals surface area contributed by atoms with Crippen molar-refractivity contribution in [1.29, 1.82) is 0 Å². The number of halogens is 1. The fourth-order valence-corrected chi connectivity index (χ4v) is 3.28. The molecule has 0 bridgehead atoms. The highest BCUT2D eigenvalue weighted by atomic mass is 35.5. The van der Waals surface area contributed by atoms with Gasteiger partial charge in [-0.1, -0.05) is 23.7 Å². The van der Waals surface area contributed by atoms with E-state index in [-0.39, 0.29) is 36.2 Å². The number of aliphatic hydroxyl groups is 2. The predicted octanol–water partition coefficient (Wildman–Crippen LogP) is 0.315. The van der Waals surface area contributed by atoms with Crippen LogP contribution in [-0.4, -0.2) is 49.2 Å². The van der Waals surface area contributed by atoms with Gasteiger partial charge >= 0.3 is 0 Å². The number of nitrogens with zero attached hydrogens (tertiary/aromatic N) is 1. The average Bonchev–Trinajstić information content (AvgIpc) is 2.29. The maximum Gasteiger partial charge on any atom is 0.244 e. The number of aliphatic hydroxyl groups excluding tert-OH is 2. The molecule has 0 unspecified atom stereocenters. The molecule has 0 radical (unpaired) electrons. The van der Waals surface area contributed by atoms with Crippen LogP contribution in [0.15, 0.2) is 29.2 Å². The fraction of sp³-hybridized carbons (Fsp3) is 0.400. The summed E-state index contributed by atoms with van der Waals surface area (Å²) in [6.45, 7) is -0.782. The van der Waals surface area contributed by atoms with Gasteiger partial charge < -0.3 is 10.2 Å². The lowest BCUT2D eigenvalue weighted by Gasteiger charge is -2.20. The summed E-state index contributed by atoms with van der Waals surface area (Å²) >= 11 is 5.82. The van der Waals surface area contributed by atoms with Gasteiger partial charge in [-0.2, -0.15) is 4.31 Å². The van der Waals surface area contributed by atoms with Gasteiger partial charge in [0.1, 0.15) is 4.90 Å². The van der Waals surface area contributed by atoms with Crippen molar-refractivity contribution in [2.45, 2.75) is 4.90 Å². The molecule has 1 aromatic carbocycles. The highest BCUT2D eigenvalue weighted by Crippen LogP contribution is 2.23. The molecule has 0 aliphatic heterocycles. The minimum Gasteiger partial charge on any atom is -0.395 e. The molecular weight excluding hydrogens is 266 g/mol. The van der Waals surface area contributed by atoms with E-state index in [2.05, 4.69) is 0 Å². The molecule has 0 fully saturated rings. The highest BCUT2D eigenvalue weighted by molar-refractivity contribution is 7.89. The van der Waals surface area contributed by atoms with E-state index in [1.807, 2.05) is 0 Å². The zero-order valence-corrected chi connectivity index (χ0v) is 10.7. The lowest BCUT2D eigenvalue weighted by molar-refractivity contribution is 0.217. The van der Waals surface area contributed by atoms with Crippen molar-refractivity contribution in [1.82, 2.24) is 4.31 Å². The van der Waals surface area contributed by atoms with Gasteiger partial charge in [0.15, 0.2) is 0 Å². The van der Waals surface area contributed by atoms with E-state index in [0.29, 0.717) is 0 Å². The van der Waals surface area contributed by atoms with Crippen molar-refractivity contribution >= 4 is 21.6 Å². The molecule has 0 aromatic heterocycles. The lowest BCUT2D eigenvalue weighted by Crippen LogP contribution is -2.36. The topological polar surface area (TPSA) is 77.8 Å². The Labute approximate surface area is 105 Å². The molecule has 0 saturated heterocycles. The summed E-state index contributed by atoms with van der Waals surface area (Å²) in [6, 6.07) is 6.06. The van der Waals surface area contributed by atoms with Crippen LogP contribution in [0.1, 0.15) is 0 Å². The largest absolute Gasteiger partial charge is 0.395 e. The third-order valence-corrected chi connectivity index (χ3v) is 4.55. The zero-order chi connectivity index (χ0) is 12.9. The van der Waals surface area contributed by atoms with Crippen LogP contribution in [0.5, 0.6) is 0 Å². The van der Waals surface area contributed by atoms with Crippen molar-refractivity contribution < 1.29 is 18.6 Å². The Morgan fingerprint density at radius 2 is 1.65 bits per heavy atom. The van der Waals surface area contributed by atoms with Crippen molar-refractivity contribution in [3.05, 3.63) is 29.3 Å². The first kappa shape index (κ1) is 14.4. The second-order valence-electron chi connectivity index (χ2n) is 3.28. The maximum absolute atomic E-state index is 12.2. The molecule has 17 heavy (non-hydrogen) atoms. The Morgan fingerprint density at radius 1 is 1.12 bits per heavy atom. The Morgan fingerprint density at radius 3 is 2.12 bits per heavy atom. The number of rotatable bonds is 6. The third-order valence-electron chi connectivity index (χ3n) is 2.15. The summed E-state index contributed by atoms with van der Waals surface area (Å²) in [5, 5.41) is 17.8. The SMILES string of the molecule is O=S(=O)(c1ccccc1Cl)N(CCO)CCO. The first-order valence-electron chi connectivity index (χ1n) is 5.00. The molecule has 0 amide bonds. The summed E-state index contributed by atoms with van der Waals surface area (Å²) < 4.78 is 25.3. The van der Waals surface area contributed by atoms with Crippen LogP contribution < -0.4 is 0 Å². The van der Waals surface area contributed by atoms with E-state index >= 15 is 0 Å². The van der Waals surface area contributed by atoms with Crippen molar-refractivity contribution in [2.75, 3.05) is 26.3 Å². The number of sulfonamides is 1. The minimum absolute atomic E-state index is 0.0245. The van der Waals surface area contributed by atoms with E-state index in [0.717, 1.165) is 4.31 Å². The first-order chi connectivity index (χ1) is 8.04. The fourth-order valence-electron chi connectivity index (χ4n) is 1.37. The molecule has 7 heteroatoms. The van der Waals surface area contributed by atoms with Gasteiger partial charge in [0.25, 0.3) is 0 Å². The van der Waals surface area contributed by atoms with E-state index in [4.69, 9.17) is 21.8 Å². The summed E-state index contributed by atoms with van der Waals surface area (Å²) in [6.07, 6.45) is 0. The van der Waals surface area contributed by atoms with Crippen LogP contribution >= 0.6 is 11.6 Å². The smallest absolute Gasteiger partial charge is 0.244 e. The van der Waals surface area contributed by atoms with E-state index < -0.39 is 10.0 Å². The Bertz CT molecular complexity index is 457. The van der Waals surface area contributed by atoms with Crippen molar-refractivity contribution in [3.8, 4) is 0 Å². The van der Waals surface area contributed by atoms with Gasteiger partial charge in [-0.3, -0.25) is 0 Å². The average molecular weight is 280 g/mol. The zero-order valence-electron chi connectivity index (χ0n) is 9.08. The Hall–Kier alpha value is -0.660. The van der Waals surface area contributed by atoms with Gasteiger partial charge in [-0.05, 0) is 12.1 Å². The summed E-state index contributed by atoms with van der Waals surface area (Å²) in [5.41, 5.74) is 0. The number of benzene rings is 1. The van der Waals surface area contributed by atoms with Crippen LogP contribution in [0.4, 0.5) is 0 Å². The molecule has 0 saturated carbocycles. The molecular formula is C10H14ClNO4S. The predicted molar refractivity (Wildman–Crippen MR) is 64.4 cm³/mol. The maximum atomic E-state index is 12.2. The molecule has 1 rings (SSSR count). The van der Waals surface area contributed by atoms with Crippen LogP contribution in [0.25, 0.3) is 0 Å². The second kappa shape index (κ2) is 6.32. The molecule has 96 valence electrons. The number of hydrogen-bond donors (Lipinski definition) is 2. The molecule has 0 atom stereocenters. The summed E-state index contributed by atoms with van der Waals surface area (Å²) in [4.78, 5) is -0.0245. The van der Waals surface area contributed by atoms with Gasteiger partial charge in [0, 0.05) is 13.1 Å². The summed E-state index contributed by atoms with van der Waals surface area (Å²) in [7, 11) is -3.77. The van der Waals surface area contributed by atoms with Gasteiger partial charge in [0.05, 0.1) is 18.2 Å². The monoisotopic (exact) mass is 279 g/mol. The van der Waals surface area contributed by atoms with Crippen LogP contribution in [0, 0.1) is 0 Å². The van der Waals surface area contributed by atoms with Gasteiger partial charge in [-0.25, -0.2) is 8.42 Å². The molecule has 0 aliphatic rings. The quantitative estimate of drug-likeness (QED) is 0.786. The van der Waals surface area contributed by atoms with Gasteiger partial charge in [0.2, 0.25) is 10.0 Å². The first-order valence-corrected chi connectivity index (χ1v) is 6.82. The molecule has 2 N–H and O–H groups in total. The van der Waals surface area contributed by atoms with E-state index in [9.17, 15) is 8.42 Å². The highest BCUT2D eigenvalue weighted by Gasteiger charge is 2.25. The van der Waals surface area contributed by atoms with Crippen molar-refractivity contribution in [2.24, 2.45) is 0 Å². The third kappa shape index (κ3) is 3.40. The second-order valence-corrected chi connectivity index (χ2v) is 5.60. The van der Waals surface area contributed by atoms with Crippen molar-refractivity contribution in [3.63, 3.8) is 0 Å². The normalized spacial score (nSPS) is 12.0. The minimum atomic E-state index is -3.77. The molecule has 1 aromatic rings. The van der Waals surface area contributed by atoms with E-state index in [1.165, 1.54) is 12.1 Å². The molecule has 5 nitrogen and oxygen atoms in total. The Balaban J connectivity index is 3.12. The van der Waals surface area contributed by atoms with E-state index in [1.54, 1.807) is 12.1 Å². The lowest BCUT2D eigenvalue weighted by atomic mass is 10.4. The van der Waals surface area contributed by atoms with Crippen LogP contribution in [-0.2, 0) is 10.0 Å². The standard InChI is InChI=1S/C10H14ClNO4S/c11-9-3-1-2-4-10(9)17(15,16)12(5-7-13)6-8-14/h1-4,13-14H,5-8H2. The Kier molecular flexibility index (Phi) is 5.35. The van der Waals surface area contributed by atoms with Gasteiger partial charge in [-0.15, -0.1) is 0 Å². The van der Waals surface area contributed by atoms with Crippen LogP contribution in [0.2, 0.25) is 5.02 Å².